The lowest BCUT2D eigenvalue weighted by Gasteiger charge is -2.16. The van der Waals surface area contributed by atoms with Gasteiger partial charge in [0.1, 0.15) is 0 Å². The number of hydrogen-bond donors (Lipinski definition) is 2. The Morgan fingerprint density at radius 3 is 2.44 bits per heavy atom. The molecule has 0 fully saturated rings. The second-order valence-electron chi connectivity index (χ2n) is 3.98. The van der Waals surface area contributed by atoms with Gasteiger partial charge in [0, 0.05) is 23.5 Å². The van der Waals surface area contributed by atoms with E-state index in [1.54, 1.807) is 0 Å². The maximum atomic E-state index is 10.9. The third-order valence-electron chi connectivity index (χ3n) is 2.59. The predicted molar refractivity (Wildman–Crippen MR) is 66.2 cm³/mol. The molecular formula is C12H17ClN2O. The summed E-state index contributed by atoms with van der Waals surface area (Å²) in [6.07, 6.45) is 0. The van der Waals surface area contributed by atoms with E-state index in [1.165, 1.54) is 0 Å². The largest absolute Gasteiger partial charge is 0.369 e. The molecule has 0 aliphatic heterocycles. The van der Waals surface area contributed by atoms with Crippen LogP contribution in [0.5, 0.6) is 0 Å². The molecule has 1 unspecified atom stereocenters. The molecule has 3 N–H and O–H groups in total. The summed E-state index contributed by atoms with van der Waals surface area (Å²) in [4.78, 5) is 10.9. The Bertz CT molecular complexity index is 351. The van der Waals surface area contributed by atoms with Crippen LogP contribution in [0.4, 0.5) is 0 Å². The molecule has 1 aromatic carbocycles. The van der Waals surface area contributed by atoms with Crippen LogP contribution < -0.4 is 11.1 Å². The van der Waals surface area contributed by atoms with E-state index in [0.717, 1.165) is 10.6 Å². The van der Waals surface area contributed by atoms with E-state index in [2.05, 4.69) is 5.32 Å². The molecule has 1 amide bonds. The Kier molecular flexibility index (Phi) is 4.77. The first-order valence-corrected chi connectivity index (χ1v) is 5.66. The minimum Gasteiger partial charge on any atom is -0.369 e. The van der Waals surface area contributed by atoms with Gasteiger partial charge in [0.15, 0.2) is 0 Å². The Hall–Kier alpha value is -1.06. The summed E-state index contributed by atoms with van der Waals surface area (Å²) in [5.74, 6) is -0.439. The van der Waals surface area contributed by atoms with Crippen LogP contribution in [0.1, 0.15) is 25.5 Å². The lowest BCUT2D eigenvalue weighted by Crippen LogP contribution is -2.32. The van der Waals surface area contributed by atoms with Crippen LogP contribution in [0.2, 0.25) is 5.02 Å². The van der Waals surface area contributed by atoms with Gasteiger partial charge in [-0.15, -0.1) is 0 Å². The van der Waals surface area contributed by atoms with Crippen molar-refractivity contribution in [3.63, 3.8) is 0 Å². The summed E-state index contributed by atoms with van der Waals surface area (Å²) in [6, 6.07) is 7.82. The zero-order chi connectivity index (χ0) is 12.1. The van der Waals surface area contributed by atoms with Gasteiger partial charge < -0.3 is 11.1 Å². The topological polar surface area (TPSA) is 55.1 Å². The second kappa shape index (κ2) is 5.87. The van der Waals surface area contributed by atoms with Gasteiger partial charge in [-0.3, -0.25) is 4.79 Å². The van der Waals surface area contributed by atoms with Crippen LogP contribution in [0.25, 0.3) is 0 Å². The Morgan fingerprint density at radius 1 is 1.38 bits per heavy atom. The van der Waals surface area contributed by atoms with Gasteiger partial charge in [0.2, 0.25) is 5.91 Å². The van der Waals surface area contributed by atoms with Crippen LogP contribution in [0, 0.1) is 5.92 Å². The fraction of sp³-hybridized carbons (Fsp3) is 0.417. The Balaban J connectivity index is 2.49. The molecule has 2 atom stereocenters. The first kappa shape index (κ1) is 13.0. The fourth-order valence-corrected chi connectivity index (χ4v) is 1.45. The molecule has 0 aromatic heterocycles. The number of hydrogen-bond acceptors (Lipinski definition) is 2. The third kappa shape index (κ3) is 3.83. The van der Waals surface area contributed by atoms with E-state index >= 15 is 0 Å². The van der Waals surface area contributed by atoms with Crippen molar-refractivity contribution in [1.29, 1.82) is 0 Å². The number of benzene rings is 1. The number of halogens is 1. The van der Waals surface area contributed by atoms with E-state index in [1.807, 2.05) is 38.1 Å². The van der Waals surface area contributed by atoms with Crippen molar-refractivity contribution >= 4 is 17.5 Å². The SMILES string of the molecule is CC(CN[C@@H](C)c1ccc(Cl)cc1)C(N)=O. The first-order chi connectivity index (χ1) is 7.50. The fourth-order valence-electron chi connectivity index (χ4n) is 1.32. The van der Waals surface area contributed by atoms with Gasteiger partial charge in [-0.05, 0) is 24.6 Å². The molecule has 0 saturated heterocycles. The van der Waals surface area contributed by atoms with Crippen LogP contribution in [0.3, 0.4) is 0 Å². The Labute approximate surface area is 101 Å². The highest BCUT2D eigenvalue weighted by Crippen LogP contribution is 2.16. The average Bonchev–Trinajstić information content (AvgIpc) is 2.26. The Morgan fingerprint density at radius 2 is 1.94 bits per heavy atom. The third-order valence-corrected chi connectivity index (χ3v) is 2.84. The van der Waals surface area contributed by atoms with E-state index < -0.39 is 0 Å². The molecule has 4 heteroatoms. The number of nitrogens with one attached hydrogen (secondary N) is 1. The first-order valence-electron chi connectivity index (χ1n) is 5.29. The van der Waals surface area contributed by atoms with Crippen molar-refractivity contribution in [2.75, 3.05) is 6.54 Å². The summed E-state index contributed by atoms with van der Waals surface area (Å²) in [5.41, 5.74) is 6.32. The number of nitrogens with two attached hydrogens (primary N) is 1. The van der Waals surface area contributed by atoms with E-state index in [0.29, 0.717) is 6.54 Å². The summed E-state index contributed by atoms with van der Waals surface area (Å²) in [5, 5.41) is 3.98. The zero-order valence-electron chi connectivity index (χ0n) is 9.53. The van der Waals surface area contributed by atoms with Crippen molar-refractivity contribution in [2.45, 2.75) is 19.9 Å². The van der Waals surface area contributed by atoms with Gasteiger partial charge in [-0.2, -0.15) is 0 Å². The van der Waals surface area contributed by atoms with Crippen LogP contribution in [0.15, 0.2) is 24.3 Å². The summed E-state index contributed by atoms with van der Waals surface area (Å²) < 4.78 is 0. The normalized spacial score (nSPS) is 14.4. The van der Waals surface area contributed by atoms with Crippen LogP contribution in [-0.2, 0) is 4.79 Å². The summed E-state index contributed by atoms with van der Waals surface area (Å²) in [6.45, 7) is 4.43. The molecule has 0 aliphatic rings. The quantitative estimate of drug-likeness (QED) is 0.828. The number of carbonyl (C=O) groups is 1. The molecule has 1 aromatic rings. The minimum absolute atomic E-state index is 0.158. The highest BCUT2D eigenvalue weighted by Gasteiger charge is 2.11. The predicted octanol–water partition coefficient (Wildman–Crippen LogP) is 2.11. The van der Waals surface area contributed by atoms with E-state index in [9.17, 15) is 4.79 Å². The van der Waals surface area contributed by atoms with Crippen LogP contribution >= 0.6 is 11.6 Å². The number of carbonyl (C=O) groups excluding carboxylic acids is 1. The molecule has 0 spiro atoms. The molecular weight excluding hydrogens is 224 g/mol. The van der Waals surface area contributed by atoms with Gasteiger partial charge in [0.25, 0.3) is 0 Å². The van der Waals surface area contributed by atoms with E-state index in [4.69, 9.17) is 17.3 Å². The van der Waals surface area contributed by atoms with Crippen molar-refractivity contribution in [1.82, 2.24) is 5.32 Å². The summed E-state index contributed by atoms with van der Waals surface area (Å²) >= 11 is 5.80. The number of amides is 1. The minimum atomic E-state index is -0.282. The highest BCUT2D eigenvalue weighted by atomic mass is 35.5. The molecule has 0 aliphatic carbocycles. The molecule has 88 valence electrons. The maximum Gasteiger partial charge on any atom is 0.221 e. The maximum absolute atomic E-state index is 10.9. The molecule has 0 radical (unpaired) electrons. The zero-order valence-corrected chi connectivity index (χ0v) is 10.3. The van der Waals surface area contributed by atoms with Gasteiger partial charge in [-0.25, -0.2) is 0 Å². The van der Waals surface area contributed by atoms with Crippen molar-refractivity contribution in [3.8, 4) is 0 Å². The van der Waals surface area contributed by atoms with Crippen molar-refractivity contribution in [3.05, 3.63) is 34.9 Å². The molecule has 3 nitrogen and oxygen atoms in total. The van der Waals surface area contributed by atoms with Gasteiger partial charge in [0.05, 0.1) is 0 Å². The molecule has 0 bridgehead atoms. The van der Waals surface area contributed by atoms with E-state index in [-0.39, 0.29) is 17.9 Å². The average molecular weight is 241 g/mol. The van der Waals surface area contributed by atoms with Crippen LogP contribution in [-0.4, -0.2) is 12.5 Å². The summed E-state index contributed by atoms with van der Waals surface area (Å²) in [7, 11) is 0. The van der Waals surface area contributed by atoms with Crippen molar-refractivity contribution in [2.24, 2.45) is 11.7 Å². The van der Waals surface area contributed by atoms with Crippen molar-refractivity contribution < 1.29 is 4.79 Å². The lowest BCUT2D eigenvalue weighted by atomic mass is 10.1. The monoisotopic (exact) mass is 240 g/mol. The number of primary amides is 1. The molecule has 0 saturated carbocycles. The lowest BCUT2D eigenvalue weighted by molar-refractivity contribution is -0.121. The number of rotatable bonds is 5. The van der Waals surface area contributed by atoms with Gasteiger partial charge in [-0.1, -0.05) is 30.7 Å². The highest BCUT2D eigenvalue weighted by molar-refractivity contribution is 6.30. The standard InChI is InChI=1S/C12H17ClN2O/c1-8(12(14)16)7-15-9(2)10-3-5-11(13)6-4-10/h3-6,8-9,15H,7H2,1-2H3,(H2,14,16)/t8?,9-/m0/s1. The molecule has 16 heavy (non-hydrogen) atoms. The second-order valence-corrected chi connectivity index (χ2v) is 4.42. The smallest absolute Gasteiger partial charge is 0.221 e. The molecule has 1 rings (SSSR count). The van der Waals surface area contributed by atoms with Gasteiger partial charge >= 0.3 is 0 Å². The molecule has 0 heterocycles.